The zero-order valence-corrected chi connectivity index (χ0v) is 17.9. The smallest absolute Gasteiger partial charge is 0.230 e. The highest BCUT2D eigenvalue weighted by Gasteiger charge is 2.14. The second kappa shape index (κ2) is 9.18. The van der Waals surface area contributed by atoms with E-state index in [1.54, 1.807) is 30.0 Å². The topological polar surface area (TPSA) is 68.5 Å². The number of aryl methyl sites for hydroxylation is 1. The van der Waals surface area contributed by atoms with E-state index >= 15 is 0 Å². The second-order valence-electron chi connectivity index (χ2n) is 6.95. The molecule has 158 valence electrons. The molecule has 2 heterocycles. The van der Waals surface area contributed by atoms with Crippen molar-refractivity contribution in [1.82, 2.24) is 19.9 Å². The van der Waals surface area contributed by atoms with Crippen LogP contribution >= 0.6 is 11.8 Å². The van der Waals surface area contributed by atoms with Gasteiger partial charge in [-0.25, -0.2) is 13.9 Å². The van der Waals surface area contributed by atoms with E-state index in [9.17, 15) is 9.18 Å². The number of benzene rings is 2. The van der Waals surface area contributed by atoms with Crippen LogP contribution in [0.25, 0.3) is 16.8 Å². The van der Waals surface area contributed by atoms with E-state index in [1.165, 1.54) is 23.9 Å². The van der Waals surface area contributed by atoms with Gasteiger partial charge in [-0.15, -0.1) is 0 Å². The largest absolute Gasteiger partial charge is 0.497 e. The van der Waals surface area contributed by atoms with Crippen molar-refractivity contribution in [2.24, 2.45) is 0 Å². The summed E-state index contributed by atoms with van der Waals surface area (Å²) in [4.78, 5) is 17.0. The Morgan fingerprint density at radius 3 is 2.77 bits per heavy atom. The van der Waals surface area contributed by atoms with E-state index < -0.39 is 0 Å². The number of hydrogen-bond donors (Lipinski definition) is 1. The van der Waals surface area contributed by atoms with Gasteiger partial charge in [0.2, 0.25) is 5.91 Å². The number of hydrogen-bond acceptors (Lipinski definition) is 5. The second-order valence-corrected chi connectivity index (χ2v) is 7.95. The number of nitrogens with zero attached hydrogens (tertiary/aromatic N) is 3. The van der Waals surface area contributed by atoms with Gasteiger partial charge in [0.15, 0.2) is 5.65 Å². The fourth-order valence-electron chi connectivity index (χ4n) is 3.16. The third-order valence-corrected chi connectivity index (χ3v) is 5.69. The van der Waals surface area contributed by atoms with Crippen molar-refractivity contribution in [3.05, 3.63) is 77.9 Å². The number of nitrogens with one attached hydrogen (secondary N) is 1. The Hall–Kier alpha value is -3.39. The molecule has 0 spiro atoms. The predicted octanol–water partition coefficient (Wildman–Crippen LogP) is 4.26. The average Bonchev–Trinajstić information content (AvgIpc) is 3.20. The lowest BCUT2D eigenvalue weighted by Gasteiger charge is -2.08. The van der Waals surface area contributed by atoms with Gasteiger partial charge >= 0.3 is 0 Å². The van der Waals surface area contributed by atoms with Gasteiger partial charge in [0, 0.05) is 17.8 Å². The number of methoxy groups -OCH3 is 1. The number of rotatable bonds is 7. The molecule has 31 heavy (non-hydrogen) atoms. The fourth-order valence-corrected chi connectivity index (χ4v) is 4.05. The van der Waals surface area contributed by atoms with Crippen LogP contribution < -0.4 is 10.1 Å². The quantitative estimate of drug-likeness (QED) is 0.346. The summed E-state index contributed by atoms with van der Waals surface area (Å²) in [5, 5.41) is 8.18. The maximum Gasteiger partial charge on any atom is 0.230 e. The minimum atomic E-state index is -0.291. The first-order valence-electron chi connectivity index (χ1n) is 9.67. The van der Waals surface area contributed by atoms with Gasteiger partial charge in [0.25, 0.3) is 0 Å². The number of carbonyl (C=O) groups excluding carboxylic acids is 1. The molecule has 1 amide bonds. The third-order valence-electron chi connectivity index (χ3n) is 4.70. The maximum atomic E-state index is 13.3. The van der Waals surface area contributed by atoms with Crippen molar-refractivity contribution < 1.29 is 13.9 Å². The molecule has 4 aromatic rings. The van der Waals surface area contributed by atoms with Crippen molar-refractivity contribution >= 4 is 23.3 Å². The summed E-state index contributed by atoms with van der Waals surface area (Å²) in [5.41, 5.74) is 4.10. The Kier molecular flexibility index (Phi) is 6.18. The molecule has 0 atom stereocenters. The third kappa shape index (κ3) is 4.86. The Labute approximate surface area is 183 Å². The summed E-state index contributed by atoms with van der Waals surface area (Å²) in [6, 6.07) is 15.7. The normalized spacial score (nSPS) is 10.9. The standard InChI is InChI=1S/C23H21FN4O2S/c1-15-10-22(31-14-21(29)25-12-16-4-3-5-19(11-16)30-2)28-23(27-15)20(13-26-28)17-6-8-18(24)9-7-17/h3-11,13H,12,14H2,1-2H3,(H,25,29). The average molecular weight is 437 g/mol. The molecule has 6 nitrogen and oxygen atoms in total. The first kappa shape index (κ1) is 20.9. The number of halogens is 1. The molecule has 0 saturated heterocycles. The van der Waals surface area contributed by atoms with Crippen molar-refractivity contribution in [1.29, 1.82) is 0 Å². The molecule has 0 aliphatic carbocycles. The van der Waals surface area contributed by atoms with Gasteiger partial charge < -0.3 is 10.1 Å². The van der Waals surface area contributed by atoms with Crippen LogP contribution in [0.4, 0.5) is 4.39 Å². The van der Waals surface area contributed by atoms with Gasteiger partial charge in [-0.2, -0.15) is 5.10 Å². The number of amides is 1. The van der Waals surface area contributed by atoms with Crippen LogP contribution in [0.3, 0.4) is 0 Å². The highest BCUT2D eigenvalue weighted by molar-refractivity contribution is 7.99. The Balaban J connectivity index is 1.47. The molecule has 8 heteroatoms. The van der Waals surface area contributed by atoms with E-state index in [1.807, 2.05) is 37.3 Å². The molecular formula is C23H21FN4O2S. The molecule has 0 saturated carbocycles. The van der Waals surface area contributed by atoms with Crippen LogP contribution in [0.15, 0.2) is 65.8 Å². The van der Waals surface area contributed by atoms with Crippen molar-refractivity contribution in [3.63, 3.8) is 0 Å². The lowest BCUT2D eigenvalue weighted by Crippen LogP contribution is -2.24. The molecule has 1 N–H and O–H groups in total. The Morgan fingerprint density at radius 2 is 2.00 bits per heavy atom. The van der Waals surface area contributed by atoms with Gasteiger partial charge in [-0.1, -0.05) is 36.0 Å². The van der Waals surface area contributed by atoms with Crippen LogP contribution in [0.2, 0.25) is 0 Å². The molecular weight excluding hydrogens is 415 g/mol. The Morgan fingerprint density at radius 1 is 1.19 bits per heavy atom. The molecule has 0 unspecified atom stereocenters. The minimum Gasteiger partial charge on any atom is -0.497 e. The fraction of sp³-hybridized carbons (Fsp3) is 0.174. The first-order chi connectivity index (χ1) is 15.0. The van der Waals surface area contributed by atoms with E-state index in [2.05, 4.69) is 15.4 Å². The molecule has 4 rings (SSSR count). The summed E-state index contributed by atoms with van der Waals surface area (Å²) in [6.45, 7) is 2.33. The minimum absolute atomic E-state index is 0.0821. The lowest BCUT2D eigenvalue weighted by atomic mass is 10.1. The molecule has 0 radical (unpaired) electrons. The van der Waals surface area contributed by atoms with Crippen molar-refractivity contribution in [3.8, 4) is 16.9 Å². The number of thioether (sulfide) groups is 1. The summed E-state index contributed by atoms with van der Waals surface area (Å²) in [5.74, 6) is 0.627. The molecule has 0 aliphatic rings. The van der Waals surface area contributed by atoms with E-state index in [4.69, 9.17) is 4.74 Å². The predicted molar refractivity (Wildman–Crippen MR) is 119 cm³/mol. The molecule has 0 fully saturated rings. The zero-order valence-electron chi connectivity index (χ0n) is 17.1. The summed E-state index contributed by atoms with van der Waals surface area (Å²) in [7, 11) is 1.61. The zero-order chi connectivity index (χ0) is 21.8. The first-order valence-corrected chi connectivity index (χ1v) is 10.7. The number of aromatic nitrogens is 3. The SMILES string of the molecule is COc1cccc(CNC(=O)CSc2cc(C)nc3c(-c4ccc(F)cc4)cnn23)c1. The van der Waals surface area contributed by atoms with Crippen LogP contribution in [-0.4, -0.2) is 33.4 Å². The molecule has 0 aliphatic heterocycles. The van der Waals surface area contributed by atoms with Crippen LogP contribution in [0, 0.1) is 12.7 Å². The maximum absolute atomic E-state index is 13.3. The van der Waals surface area contributed by atoms with Crippen molar-refractivity contribution in [2.75, 3.05) is 12.9 Å². The number of ether oxygens (including phenoxy) is 1. The van der Waals surface area contributed by atoms with Gasteiger partial charge in [0.1, 0.15) is 16.6 Å². The number of carbonyl (C=O) groups is 1. The van der Waals surface area contributed by atoms with Gasteiger partial charge in [-0.3, -0.25) is 4.79 Å². The van der Waals surface area contributed by atoms with E-state index in [-0.39, 0.29) is 17.5 Å². The summed E-state index contributed by atoms with van der Waals surface area (Å²) < 4.78 is 20.2. The Bertz CT molecular complexity index is 1220. The molecule has 0 bridgehead atoms. The molecule has 2 aromatic heterocycles. The van der Waals surface area contributed by atoms with E-state index in [0.29, 0.717) is 12.2 Å². The number of fused-ring (bicyclic) bond motifs is 1. The van der Waals surface area contributed by atoms with Crippen LogP contribution in [0.1, 0.15) is 11.3 Å². The summed E-state index contributed by atoms with van der Waals surface area (Å²) in [6.07, 6.45) is 1.71. The summed E-state index contributed by atoms with van der Waals surface area (Å²) >= 11 is 1.39. The highest BCUT2D eigenvalue weighted by Crippen LogP contribution is 2.27. The molecule has 2 aromatic carbocycles. The van der Waals surface area contributed by atoms with Crippen LogP contribution in [-0.2, 0) is 11.3 Å². The van der Waals surface area contributed by atoms with Gasteiger partial charge in [0.05, 0.1) is 19.1 Å². The van der Waals surface area contributed by atoms with E-state index in [0.717, 1.165) is 33.2 Å². The van der Waals surface area contributed by atoms with Crippen molar-refractivity contribution in [2.45, 2.75) is 18.5 Å². The highest BCUT2D eigenvalue weighted by atomic mass is 32.2. The van der Waals surface area contributed by atoms with Gasteiger partial charge in [-0.05, 0) is 48.4 Å². The monoisotopic (exact) mass is 436 g/mol. The van der Waals surface area contributed by atoms with Crippen LogP contribution in [0.5, 0.6) is 5.75 Å². The lowest BCUT2D eigenvalue weighted by molar-refractivity contribution is -0.118.